The smallest absolute Gasteiger partial charge is 0.417 e. The maximum absolute atomic E-state index is 14.8. The van der Waals surface area contributed by atoms with Crippen molar-refractivity contribution in [2.75, 3.05) is 58.1 Å². The second kappa shape index (κ2) is 15.8. The molecule has 2 saturated heterocycles. The number of benzene rings is 1. The number of likely N-dealkylation sites (tertiary alicyclic amines) is 1. The van der Waals surface area contributed by atoms with Crippen LogP contribution >= 0.6 is 0 Å². The monoisotopic (exact) mass is 699 g/mol. The topological polar surface area (TPSA) is 107 Å². The second-order valence-corrected chi connectivity index (χ2v) is 14.5. The zero-order chi connectivity index (χ0) is 36.1. The first-order valence-corrected chi connectivity index (χ1v) is 17.2. The molecule has 1 aromatic carbocycles. The predicted molar refractivity (Wildman–Crippen MR) is 176 cm³/mol. The van der Waals surface area contributed by atoms with Crippen LogP contribution in [-0.4, -0.2) is 110 Å². The van der Waals surface area contributed by atoms with E-state index in [-0.39, 0.29) is 43.8 Å². The zero-order valence-electron chi connectivity index (χ0n) is 29.8. The molecule has 0 N–H and O–H groups in total. The molecule has 0 aromatic heterocycles. The van der Waals surface area contributed by atoms with Gasteiger partial charge in [-0.1, -0.05) is 0 Å². The number of halogens is 3. The third-order valence-corrected chi connectivity index (χ3v) is 8.88. The second-order valence-electron chi connectivity index (χ2n) is 14.5. The van der Waals surface area contributed by atoms with Gasteiger partial charge >= 0.3 is 12.3 Å². The molecule has 0 saturated carbocycles. The van der Waals surface area contributed by atoms with Crippen molar-refractivity contribution in [3.05, 3.63) is 23.3 Å². The van der Waals surface area contributed by atoms with Gasteiger partial charge in [-0.2, -0.15) is 13.2 Å². The molecule has 3 atom stereocenters. The lowest BCUT2D eigenvalue weighted by Crippen LogP contribution is -2.57. The lowest BCUT2D eigenvalue weighted by atomic mass is 9.96. The number of ether oxygens (including phenoxy) is 5. The average Bonchev–Trinajstić information content (AvgIpc) is 3.53. The van der Waals surface area contributed by atoms with Crippen LogP contribution in [0.2, 0.25) is 0 Å². The quantitative estimate of drug-likeness (QED) is 0.243. The Labute approximate surface area is 287 Å². The summed E-state index contributed by atoms with van der Waals surface area (Å²) in [4.78, 5) is 45.6. The Hall–Kier alpha value is -3.10. The average molecular weight is 700 g/mol. The zero-order valence-corrected chi connectivity index (χ0v) is 29.8. The normalized spacial score (nSPS) is 23.0. The van der Waals surface area contributed by atoms with Crippen molar-refractivity contribution in [1.82, 2.24) is 9.80 Å². The largest absolute Gasteiger partial charge is 0.473 e. The molecule has 276 valence electrons. The lowest BCUT2D eigenvalue weighted by molar-refractivity contribution is -0.141. The minimum absolute atomic E-state index is 0.0816. The first-order valence-electron chi connectivity index (χ1n) is 17.2. The van der Waals surface area contributed by atoms with Crippen LogP contribution in [-0.2, 0) is 29.9 Å². The van der Waals surface area contributed by atoms with Crippen LogP contribution in [0.25, 0.3) is 0 Å². The molecule has 0 radical (unpaired) electrons. The predicted octanol–water partition coefficient (Wildman–Crippen LogP) is 6.06. The summed E-state index contributed by atoms with van der Waals surface area (Å²) < 4.78 is 72.6. The molecule has 0 spiro atoms. The van der Waals surface area contributed by atoms with Gasteiger partial charge in [0.2, 0.25) is 5.60 Å². The summed E-state index contributed by atoms with van der Waals surface area (Å²) in [5, 5.41) is 0. The van der Waals surface area contributed by atoms with Crippen LogP contribution < -0.4 is 9.64 Å². The lowest BCUT2D eigenvalue weighted by Gasteiger charge is -2.43. The highest BCUT2D eigenvalue weighted by Gasteiger charge is 2.48. The molecule has 14 heteroatoms. The summed E-state index contributed by atoms with van der Waals surface area (Å²) in [7, 11) is 1.56. The van der Waals surface area contributed by atoms with Gasteiger partial charge in [0.1, 0.15) is 11.4 Å². The summed E-state index contributed by atoms with van der Waals surface area (Å²) in [5.41, 5.74) is -4.02. The minimum atomic E-state index is -4.92. The molecule has 2 fully saturated rings. The Bertz CT molecular complexity index is 1330. The molecule has 3 aliphatic rings. The van der Waals surface area contributed by atoms with Crippen molar-refractivity contribution in [3.8, 4) is 5.75 Å². The van der Waals surface area contributed by atoms with E-state index < -0.39 is 58.5 Å². The van der Waals surface area contributed by atoms with Crippen molar-refractivity contribution < 1.29 is 51.2 Å². The fourth-order valence-electron chi connectivity index (χ4n) is 6.58. The van der Waals surface area contributed by atoms with E-state index in [0.717, 1.165) is 25.0 Å². The van der Waals surface area contributed by atoms with Gasteiger partial charge in [-0.15, -0.1) is 0 Å². The molecule has 0 bridgehead atoms. The maximum atomic E-state index is 14.8. The highest BCUT2D eigenvalue weighted by atomic mass is 19.4. The van der Waals surface area contributed by atoms with E-state index in [1.807, 2.05) is 0 Å². The van der Waals surface area contributed by atoms with Crippen LogP contribution in [0.4, 0.5) is 23.7 Å². The number of anilines is 1. The number of alkyl halides is 3. The molecule has 3 heterocycles. The van der Waals surface area contributed by atoms with Crippen molar-refractivity contribution in [2.24, 2.45) is 0 Å². The van der Waals surface area contributed by atoms with Crippen LogP contribution in [0, 0.1) is 0 Å². The summed E-state index contributed by atoms with van der Waals surface area (Å²) >= 11 is 0. The molecule has 49 heavy (non-hydrogen) atoms. The summed E-state index contributed by atoms with van der Waals surface area (Å²) in [5.74, 6) is -1.49. The Morgan fingerprint density at radius 2 is 1.86 bits per heavy atom. The van der Waals surface area contributed by atoms with Crippen molar-refractivity contribution in [1.29, 1.82) is 0 Å². The number of unbranched alkanes of at least 4 members (excludes halogenated alkanes) is 1. The van der Waals surface area contributed by atoms with Gasteiger partial charge in [0.05, 0.1) is 42.2 Å². The van der Waals surface area contributed by atoms with E-state index in [4.69, 9.17) is 23.7 Å². The van der Waals surface area contributed by atoms with E-state index in [9.17, 15) is 27.6 Å². The van der Waals surface area contributed by atoms with E-state index in [2.05, 4.69) is 0 Å². The van der Waals surface area contributed by atoms with Gasteiger partial charge in [-0.3, -0.25) is 9.59 Å². The van der Waals surface area contributed by atoms with Gasteiger partial charge in [-0.05, 0) is 92.2 Å². The highest BCUT2D eigenvalue weighted by Crippen LogP contribution is 2.45. The maximum Gasteiger partial charge on any atom is 0.417 e. The standard InChI is InChI=1S/C35H52F3N3O8/c1-23(2)41(24-12-10-14-39(20-24)32(44)49-33(3,4)5)30(42)26-18-28-29(19-27(26)35(36,37)38)48-34(6,22-46-21-25-13-11-17-47-25)31(43)40(28)15-8-9-16-45-7/h18-19,23-25H,8-17,20-22H2,1-7H3/t24-,25?,34?/m1/s1. The van der Waals surface area contributed by atoms with Crippen LogP contribution in [0.3, 0.4) is 0 Å². The molecule has 1 aromatic rings. The number of carbonyl (C=O) groups is 3. The molecular weight excluding hydrogens is 647 g/mol. The molecule has 3 aliphatic heterocycles. The van der Waals surface area contributed by atoms with Crippen molar-refractivity contribution >= 4 is 23.6 Å². The number of piperidine rings is 1. The van der Waals surface area contributed by atoms with Crippen LogP contribution in [0.1, 0.15) is 96.0 Å². The fourth-order valence-corrected chi connectivity index (χ4v) is 6.58. The first kappa shape index (κ1) is 38.7. The first-order chi connectivity index (χ1) is 22.9. The van der Waals surface area contributed by atoms with E-state index in [1.54, 1.807) is 41.7 Å². The molecule has 2 unspecified atom stereocenters. The number of methoxy groups -OCH3 is 1. The molecule has 11 nitrogen and oxygen atoms in total. The van der Waals surface area contributed by atoms with Gasteiger partial charge in [0.25, 0.3) is 11.8 Å². The Morgan fingerprint density at radius 1 is 1.12 bits per heavy atom. The van der Waals surface area contributed by atoms with Gasteiger partial charge < -0.3 is 38.4 Å². The van der Waals surface area contributed by atoms with E-state index >= 15 is 0 Å². The number of hydrogen-bond acceptors (Lipinski definition) is 8. The SMILES string of the molecule is COCCCCN1C(=O)C(C)(COCC2CCCO2)Oc2cc(C(F)(F)F)c(C(=O)N(C(C)C)[C@@H]3CCCN(C(=O)OC(C)(C)C)C3)cc21. The van der Waals surface area contributed by atoms with Gasteiger partial charge in [-0.25, -0.2) is 4.79 Å². The van der Waals surface area contributed by atoms with Crippen LogP contribution in [0.15, 0.2) is 12.1 Å². The Morgan fingerprint density at radius 3 is 2.47 bits per heavy atom. The summed E-state index contributed by atoms with van der Waals surface area (Å²) in [6.07, 6.45) is -1.72. The number of carbonyl (C=O) groups excluding carboxylic acids is 3. The number of nitrogens with zero attached hydrogens (tertiary/aromatic N) is 3. The Balaban J connectivity index is 1.70. The summed E-state index contributed by atoms with van der Waals surface area (Å²) in [6, 6.07) is 0.895. The number of amides is 3. The van der Waals surface area contributed by atoms with Crippen molar-refractivity contribution in [3.63, 3.8) is 0 Å². The highest BCUT2D eigenvalue weighted by molar-refractivity contribution is 6.05. The number of hydrogen-bond donors (Lipinski definition) is 0. The minimum Gasteiger partial charge on any atom is -0.473 e. The van der Waals surface area contributed by atoms with Crippen LogP contribution in [0.5, 0.6) is 5.75 Å². The Kier molecular flexibility index (Phi) is 12.5. The summed E-state index contributed by atoms with van der Waals surface area (Å²) in [6.45, 7) is 12.0. The van der Waals surface area contributed by atoms with Gasteiger partial charge in [0.15, 0.2) is 0 Å². The molecular formula is C35H52F3N3O8. The van der Waals surface area contributed by atoms with E-state index in [1.165, 1.54) is 21.6 Å². The molecule has 0 aliphatic carbocycles. The molecule has 4 rings (SSSR count). The fraction of sp³-hybridized carbons (Fsp3) is 0.743. The molecule has 3 amide bonds. The van der Waals surface area contributed by atoms with Crippen molar-refractivity contribution in [2.45, 2.75) is 116 Å². The number of fused-ring (bicyclic) bond motifs is 1. The van der Waals surface area contributed by atoms with Gasteiger partial charge in [0, 0.05) is 46.0 Å². The van der Waals surface area contributed by atoms with E-state index in [0.29, 0.717) is 45.4 Å². The number of rotatable bonds is 12. The third-order valence-electron chi connectivity index (χ3n) is 8.88. The third kappa shape index (κ3) is 9.57.